The molecule has 0 bridgehead atoms. The number of nitrogens with one attached hydrogen (secondary N) is 2. The number of aromatic amines is 1. The van der Waals surface area contributed by atoms with Gasteiger partial charge < -0.3 is 5.32 Å². The molecule has 2 rings (SSSR count). The molecule has 0 unspecified atom stereocenters. The number of hydrogen-bond donors (Lipinski definition) is 2. The summed E-state index contributed by atoms with van der Waals surface area (Å²) in [6.45, 7) is 4.22. The number of thioether (sulfide) groups is 1. The predicted molar refractivity (Wildman–Crippen MR) is 83.7 cm³/mol. The molecule has 10 heteroatoms. The zero-order chi connectivity index (χ0) is 16.4. The highest BCUT2D eigenvalue weighted by atomic mass is 32.2. The third-order valence-corrected chi connectivity index (χ3v) is 6.33. The van der Waals surface area contributed by atoms with E-state index in [1.165, 1.54) is 4.57 Å². The van der Waals surface area contributed by atoms with Crippen LogP contribution in [0.1, 0.15) is 26.7 Å². The van der Waals surface area contributed by atoms with E-state index < -0.39 is 15.4 Å². The summed E-state index contributed by atoms with van der Waals surface area (Å²) in [7, 11) is -3.06. The Balaban J connectivity index is 1.92. The Hall–Kier alpha value is -1.29. The maximum atomic E-state index is 12.0. The molecule has 1 fully saturated rings. The van der Waals surface area contributed by atoms with Crippen molar-refractivity contribution in [3.8, 4) is 0 Å². The van der Waals surface area contributed by atoms with Gasteiger partial charge in [0.2, 0.25) is 5.91 Å². The molecule has 0 aliphatic carbocycles. The van der Waals surface area contributed by atoms with Gasteiger partial charge in [-0.15, -0.1) is 5.10 Å². The minimum atomic E-state index is -3.06. The number of amides is 1. The van der Waals surface area contributed by atoms with E-state index in [-0.39, 0.29) is 28.9 Å². The van der Waals surface area contributed by atoms with E-state index in [0.717, 1.165) is 18.2 Å². The molecule has 1 aliphatic rings. The number of sulfone groups is 1. The molecular weight excluding hydrogens is 328 g/mol. The second kappa shape index (κ2) is 6.45. The lowest BCUT2D eigenvalue weighted by atomic mass is 10.0. The molecule has 1 aromatic heterocycles. The topological polar surface area (TPSA) is 114 Å². The zero-order valence-corrected chi connectivity index (χ0v) is 14.2. The summed E-state index contributed by atoms with van der Waals surface area (Å²) in [5.74, 6) is -0.0990. The Bertz CT molecular complexity index is 709. The van der Waals surface area contributed by atoms with Crippen LogP contribution in [0.25, 0.3) is 0 Å². The van der Waals surface area contributed by atoms with Crippen LogP contribution >= 0.6 is 11.8 Å². The smallest absolute Gasteiger partial charge is 0.343 e. The van der Waals surface area contributed by atoms with Gasteiger partial charge in [-0.2, -0.15) is 0 Å². The van der Waals surface area contributed by atoms with Crippen LogP contribution in [0.15, 0.2) is 9.95 Å². The second-order valence-electron chi connectivity index (χ2n) is 5.70. The van der Waals surface area contributed by atoms with Crippen LogP contribution in [-0.4, -0.2) is 51.9 Å². The van der Waals surface area contributed by atoms with Crippen LogP contribution in [0.4, 0.5) is 0 Å². The fourth-order valence-electron chi connectivity index (χ4n) is 2.45. The van der Waals surface area contributed by atoms with Crippen molar-refractivity contribution in [2.24, 2.45) is 0 Å². The van der Waals surface area contributed by atoms with Gasteiger partial charge in [0.15, 0.2) is 15.0 Å². The van der Waals surface area contributed by atoms with Gasteiger partial charge in [-0.05, 0) is 19.8 Å². The highest BCUT2D eigenvalue weighted by Crippen LogP contribution is 2.23. The maximum Gasteiger partial charge on any atom is 0.343 e. The second-order valence-corrected chi connectivity index (χ2v) is 8.83. The summed E-state index contributed by atoms with van der Waals surface area (Å²) >= 11 is 1.16. The molecule has 1 aromatic rings. The summed E-state index contributed by atoms with van der Waals surface area (Å²) in [6.07, 6.45) is 1.21. The molecule has 0 aromatic carbocycles. The van der Waals surface area contributed by atoms with Gasteiger partial charge in [0.05, 0.1) is 22.8 Å². The van der Waals surface area contributed by atoms with Gasteiger partial charge in [-0.1, -0.05) is 18.7 Å². The lowest BCUT2D eigenvalue weighted by molar-refractivity contribution is -0.120. The molecule has 0 radical (unpaired) electrons. The van der Waals surface area contributed by atoms with Crippen LogP contribution in [0.5, 0.6) is 0 Å². The molecule has 0 saturated carbocycles. The summed E-state index contributed by atoms with van der Waals surface area (Å²) in [5, 5.41) is 9.49. The summed E-state index contributed by atoms with van der Waals surface area (Å²) < 4.78 is 24.5. The van der Waals surface area contributed by atoms with Crippen molar-refractivity contribution in [3.05, 3.63) is 10.5 Å². The highest BCUT2D eigenvalue weighted by molar-refractivity contribution is 7.99. The summed E-state index contributed by atoms with van der Waals surface area (Å²) in [5.41, 5.74) is -0.996. The number of nitrogens with zero attached hydrogens (tertiary/aromatic N) is 2. The van der Waals surface area contributed by atoms with Crippen LogP contribution in [-0.2, 0) is 21.2 Å². The Morgan fingerprint density at radius 3 is 2.86 bits per heavy atom. The monoisotopic (exact) mass is 348 g/mol. The Morgan fingerprint density at radius 1 is 1.55 bits per heavy atom. The van der Waals surface area contributed by atoms with Crippen molar-refractivity contribution < 1.29 is 13.2 Å². The van der Waals surface area contributed by atoms with Crippen molar-refractivity contribution in [3.63, 3.8) is 0 Å². The third-order valence-electron chi connectivity index (χ3n) is 3.45. The van der Waals surface area contributed by atoms with E-state index in [0.29, 0.717) is 18.1 Å². The lowest BCUT2D eigenvalue weighted by Gasteiger charge is -2.23. The average molecular weight is 348 g/mol. The van der Waals surface area contributed by atoms with Gasteiger partial charge in [-0.25, -0.2) is 18.3 Å². The third kappa shape index (κ3) is 4.13. The fourth-order valence-corrected chi connectivity index (χ4v) is 5.31. The lowest BCUT2D eigenvalue weighted by Crippen LogP contribution is -2.47. The van der Waals surface area contributed by atoms with Crippen molar-refractivity contribution in [2.75, 3.05) is 17.3 Å². The quantitative estimate of drug-likeness (QED) is 0.686. The van der Waals surface area contributed by atoms with E-state index in [2.05, 4.69) is 15.5 Å². The number of aromatic nitrogens is 3. The molecule has 2 N–H and O–H groups in total. The standard InChI is InChI=1S/C12H20N4O4S2/c1-3-5-16-10(18)14-15-11(16)21-7-9(17)13-12(2)4-6-22(19,20)8-12/h3-8H2,1-2H3,(H,13,17)(H,14,18)/t12-/m0/s1. The van der Waals surface area contributed by atoms with Crippen LogP contribution < -0.4 is 11.0 Å². The van der Waals surface area contributed by atoms with Gasteiger partial charge in [0, 0.05) is 6.54 Å². The number of hydrogen-bond acceptors (Lipinski definition) is 6. The number of carbonyl (C=O) groups excluding carboxylic acids is 1. The number of carbonyl (C=O) groups is 1. The fraction of sp³-hybridized carbons (Fsp3) is 0.750. The van der Waals surface area contributed by atoms with E-state index in [1.54, 1.807) is 6.92 Å². The van der Waals surface area contributed by atoms with Gasteiger partial charge in [0.1, 0.15) is 0 Å². The highest BCUT2D eigenvalue weighted by Gasteiger charge is 2.39. The average Bonchev–Trinajstić information content (AvgIpc) is 2.89. The summed E-state index contributed by atoms with van der Waals surface area (Å²) in [4.78, 5) is 23.6. The van der Waals surface area contributed by atoms with Crippen molar-refractivity contribution in [1.29, 1.82) is 0 Å². The van der Waals surface area contributed by atoms with Crippen LogP contribution in [0.2, 0.25) is 0 Å². The molecule has 0 spiro atoms. The van der Waals surface area contributed by atoms with Crippen LogP contribution in [0.3, 0.4) is 0 Å². The van der Waals surface area contributed by atoms with E-state index in [4.69, 9.17) is 0 Å². The van der Waals surface area contributed by atoms with E-state index >= 15 is 0 Å². The number of H-pyrrole nitrogens is 1. The molecule has 22 heavy (non-hydrogen) atoms. The molecule has 2 heterocycles. The first-order valence-electron chi connectivity index (χ1n) is 7.04. The minimum Gasteiger partial charge on any atom is -0.349 e. The number of rotatable bonds is 6. The zero-order valence-electron chi connectivity index (χ0n) is 12.6. The van der Waals surface area contributed by atoms with Crippen molar-refractivity contribution >= 4 is 27.5 Å². The summed E-state index contributed by atoms with van der Waals surface area (Å²) in [6, 6.07) is 0. The maximum absolute atomic E-state index is 12.0. The first-order chi connectivity index (χ1) is 10.2. The normalized spacial score (nSPS) is 23.5. The molecule has 1 saturated heterocycles. The van der Waals surface area contributed by atoms with E-state index in [9.17, 15) is 18.0 Å². The van der Waals surface area contributed by atoms with Crippen molar-refractivity contribution in [1.82, 2.24) is 20.1 Å². The van der Waals surface area contributed by atoms with Crippen LogP contribution in [0, 0.1) is 0 Å². The minimum absolute atomic E-state index is 0.0284. The predicted octanol–water partition coefficient (Wildman–Crippen LogP) is -0.233. The Labute approximate surface area is 133 Å². The molecule has 1 amide bonds. The van der Waals surface area contributed by atoms with Crippen molar-refractivity contribution in [2.45, 2.75) is 43.9 Å². The molecule has 1 aliphatic heterocycles. The first kappa shape index (κ1) is 17.1. The van der Waals surface area contributed by atoms with Gasteiger partial charge in [-0.3, -0.25) is 9.36 Å². The molecule has 8 nitrogen and oxygen atoms in total. The van der Waals surface area contributed by atoms with E-state index in [1.807, 2.05) is 6.92 Å². The SMILES string of the molecule is CCCn1c(SCC(=O)N[C@@]2(C)CCS(=O)(=O)C2)n[nH]c1=O. The molecule has 1 atom stereocenters. The largest absolute Gasteiger partial charge is 0.349 e. The molecule has 124 valence electrons. The van der Waals surface area contributed by atoms with Gasteiger partial charge >= 0.3 is 5.69 Å². The first-order valence-corrected chi connectivity index (χ1v) is 9.85. The Morgan fingerprint density at radius 2 is 2.27 bits per heavy atom. The van der Waals surface area contributed by atoms with Gasteiger partial charge in [0.25, 0.3) is 0 Å². The molecular formula is C12H20N4O4S2. The Kier molecular flexibility index (Phi) is 5.00.